The molecule has 0 aliphatic rings. The summed E-state index contributed by atoms with van der Waals surface area (Å²) in [6.07, 6.45) is 1.50. The van der Waals surface area contributed by atoms with Gasteiger partial charge in [0.1, 0.15) is 22.2 Å². The quantitative estimate of drug-likeness (QED) is 0.114. The van der Waals surface area contributed by atoms with Crippen LogP contribution in [0.15, 0.2) is 106 Å². The van der Waals surface area contributed by atoms with Crippen molar-refractivity contribution in [2.75, 3.05) is 10.6 Å². The first-order chi connectivity index (χ1) is 21.2. The first kappa shape index (κ1) is 30.5. The summed E-state index contributed by atoms with van der Waals surface area (Å²) in [5, 5.41) is 17.0. The van der Waals surface area contributed by atoms with Crippen LogP contribution in [0.5, 0.6) is 0 Å². The molecule has 3 aromatic carbocycles. The van der Waals surface area contributed by atoms with Crippen LogP contribution in [0.1, 0.15) is 33.6 Å². The second kappa shape index (κ2) is 14.0. The molecule has 0 fully saturated rings. The third-order valence-electron chi connectivity index (χ3n) is 6.33. The van der Waals surface area contributed by atoms with E-state index < -0.39 is 11.8 Å². The van der Waals surface area contributed by atoms with E-state index in [0.29, 0.717) is 27.9 Å². The number of hydrogen-bond acceptors (Lipinski definition) is 8. The number of anilines is 2. The Bertz CT molecular complexity index is 1800. The van der Waals surface area contributed by atoms with E-state index in [1.165, 1.54) is 29.2 Å². The Morgan fingerprint density at radius 1 is 0.864 bits per heavy atom. The Kier molecular flexibility index (Phi) is 9.68. The SMILES string of the molecule is Cc1ccc(-c2ccc(C=C(NC(=O)c3ccccc3)C(=O)Nc3ccc(SC(C)C(=O)Nc4nnc(C)s4)cc3)o2)cc1. The molecule has 9 nitrogen and oxygen atoms in total. The number of nitrogens with zero attached hydrogens (tertiary/aromatic N) is 2. The molecule has 2 heterocycles. The highest BCUT2D eigenvalue weighted by Crippen LogP contribution is 2.27. The normalized spacial score (nSPS) is 11.9. The number of thioether (sulfide) groups is 1. The highest BCUT2D eigenvalue weighted by molar-refractivity contribution is 8.00. The van der Waals surface area contributed by atoms with Gasteiger partial charge in [0.05, 0.1) is 5.25 Å². The number of aryl methyl sites for hydroxylation is 2. The number of carbonyl (C=O) groups excluding carboxylic acids is 3. The Hall–Kier alpha value is -5.00. The number of hydrogen-bond donors (Lipinski definition) is 3. The topological polar surface area (TPSA) is 126 Å². The summed E-state index contributed by atoms with van der Waals surface area (Å²) in [6, 6.07) is 27.2. The summed E-state index contributed by atoms with van der Waals surface area (Å²) < 4.78 is 5.99. The lowest BCUT2D eigenvalue weighted by Crippen LogP contribution is -2.30. The van der Waals surface area contributed by atoms with Gasteiger partial charge in [-0.2, -0.15) is 0 Å². The zero-order valence-electron chi connectivity index (χ0n) is 24.2. The van der Waals surface area contributed by atoms with Crippen molar-refractivity contribution in [3.8, 4) is 11.3 Å². The average molecular weight is 624 g/mol. The van der Waals surface area contributed by atoms with Gasteiger partial charge in [-0.25, -0.2) is 0 Å². The fraction of sp³-hybridized carbons (Fsp3) is 0.121. The van der Waals surface area contributed by atoms with E-state index >= 15 is 0 Å². The van der Waals surface area contributed by atoms with Gasteiger partial charge in [0.2, 0.25) is 11.0 Å². The molecule has 1 atom stereocenters. The van der Waals surface area contributed by atoms with Gasteiger partial charge in [-0.05, 0) is 69.3 Å². The lowest BCUT2D eigenvalue weighted by atomic mass is 10.1. The minimum atomic E-state index is -0.525. The maximum absolute atomic E-state index is 13.4. The van der Waals surface area contributed by atoms with E-state index in [1.807, 2.05) is 62.4 Å². The van der Waals surface area contributed by atoms with Crippen LogP contribution < -0.4 is 16.0 Å². The summed E-state index contributed by atoms with van der Waals surface area (Å²) in [7, 11) is 0. The van der Waals surface area contributed by atoms with Crippen LogP contribution in [-0.2, 0) is 9.59 Å². The van der Waals surface area contributed by atoms with Crippen LogP contribution in [0.2, 0.25) is 0 Å². The third kappa shape index (κ3) is 8.09. The predicted octanol–water partition coefficient (Wildman–Crippen LogP) is 6.94. The summed E-state index contributed by atoms with van der Waals surface area (Å²) in [6.45, 7) is 5.63. The summed E-state index contributed by atoms with van der Waals surface area (Å²) >= 11 is 2.68. The molecular formula is C33H29N5O4S2. The van der Waals surface area contributed by atoms with E-state index in [2.05, 4.69) is 26.1 Å². The predicted molar refractivity (Wildman–Crippen MR) is 174 cm³/mol. The third-order valence-corrected chi connectivity index (χ3v) is 8.19. The highest BCUT2D eigenvalue weighted by atomic mass is 32.2. The van der Waals surface area contributed by atoms with Gasteiger partial charge < -0.3 is 15.1 Å². The van der Waals surface area contributed by atoms with Crippen molar-refractivity contribution in [2.24, 2.45) is 0 Å². The number of aromatic nitrogens is 2. The first-order valence-electron chi connectivity index (χ1n) is 13.7. The molecule has 1 unspecified atom stereocenters. The van der Waals surface area contributed by atoms with E-state index in [9.17, 15) is 14.4 Å². The molecule has 2 aromatic heterocycles. The fourth-order valence-corrected chi connectivity index (χ4v) is 5.48. The fourth-order valence-electron chi connectivity index (χ4n) is 4.02. The van der Waals surface area contributed by atoms with Crippen molar-refractivity contribution >= 4 is 57.7 Å². The number of rotatable bonds is 10. The second-order valence-electron chi connectivity index (χ2n) is 9.80. The molecule has 3 N–H and O–H groups in total. The van der Waals surface area contributed by atoms with Crippen LogP contribution in [0.25, 0.3) is 17.4 Å². The molecule has 0 bridgehead atoms. The van der Waals surface area contributed by atoms with Crippen LogP contribution >= 0.6 is 23.1 Å². The van der Waals surface area contributed by atoms with Gasteiger partial charge in [-0.1, -0.05) is 59.4 Å². The molecule has 44 heavy (non-hydrogen) atoms. The van der Waals surface area contributed by atoms with Crippen molar-refractivity contribution in [3.63, 3.8) is 0 Å². The van der Waals surface area contributed by atoms with Gasteiger partial charge in [-0.15, -0.1) is 22.0 Å². The van der Waals surface area contributed by atoms with E-state index in [0.717, 1.165) is 21.0 Å². The molecular weight excluding hydrogens is 595 g/mol. The summed E-state index contributed by atoms with van der Waals surface area (Å²) in [5.41, 5.74) is 2.97. The standard InChI is InChI=1S/C33H29N5O4S2/c1-20-9-11-23(12-10-20)29-18-15-26(42-29)19-28(35-31(40)24-7-5-4-6-8-24)32(41)34-25-13-16-27(17-14-25)43-21(2)30(39)36-33-38-37-22(3)44-33/h4-19,21H,1-3H3,(H,34,41)(H,35,40)(H,36,38,39). The number of carbonyl (C=O) groups is 3. The lowest BCUT2D eigenvalue weighted by molar-refractivity contribution is -0.115. The lowest BCUT2D eigenvalue weighted by Gasteiger charge is -2.12. The maximum atomic E-state index is 13.4. The summed E-state index contributed by atoms with van der Waals surface area (Å²) in [5.74, 6) is -0.0966. The largest absolute Gasteiger partial charge is 0.457 e. The second-order valence-corrected chi connectivity index (χ2v) is 12.4. The maximum Gasteiger partial charge on any atom is 0.272 e. The Labute approximate surface area is 262 Å². The first-order valence-corrected chi connectivity index (χ1v) is 15.4. The van der Waals surface area contributed by atoms with Crippen LogP contribution in [0.3, 0.4) is 0 Å². The number of benzene rings is 3. The van der Waals surface area contributed by atoms with Crippen LogP contribution in [0.4, 0.5) is 10.8 Å². The molecule has 11 heteroatoms. The van der Waals surface area contributed by atoms with Crippen LogP contribution in [0, 0.1) is 13.8 Å². The molecule has 0 radical (unpaired) electrons. The molecule has 0 saturated carbocycles. The summed E-state index contributed by atoms with van der Waals surface area (Å²) in [4.78, 5) is 39.8. The average Bonchev–Trinajstić information content (AvgIpc) is 3.67. The molecule has 222 valence electrons. The number of amides is 3. The van der Waals surface area contributed by atoms with Crippen molar-refractivity contribution in [1.82, 2.24) is 15.5 Å². The van der Waals surface area contributed by atoms with Crippen molar-refractivity contribution < 1.29 is 18.8 Å². The molecule has 0 saturated heterocycles. The Morgan fingerprint density at radius 3 is 2.27 bits per heavy atom. The minimum Gasteiger partial charge on any atom is -0.457 e. The molecule has 0 spiro atoms. The molecule has 0 aliphatic carbocycles. The van der Waals surface area contributed by atoms with Gasteiger partial charge in [-0.3, -0.25) is 19.7 Å². The Balaban J connectivity index is 1.29. The monoisotopic (exact) mass is 623 g/mol. The van der Waals surface area contributed by atoms with Gasteiger partial charge in [0.15, 0.2) is 0 Å². The smallest absolute Gasteiger partial charge is 0.272 e. The van der Waals surface area contributed by atoms with Crippen molar-refractivity contribution in [2.45, 2.75) is 30.9 Å². The minimum absolute atomic E-state index is 0.0133. The zero-order chi connectivity index (χ0) is 31.1. The molecule has 5 rings (SSSR count). The van der Waals surface area contributed by atoms with E-state index in [4.69, 9.17) is 4.42 Å². The molecule has 0 aliphatic heterocycles. The van der Waals surface area contributed by atoms with Gasteiger partial charge in [0.25, 0.3) is 11.8 Å². The van der Waals surface area contributed by atoms with Gasteiger partial charge >= 0.3 is 0 Å². The van der Waals surface area contributed by atoms with Crippen molar-refractivity contribution in [3.05, 3.63) is 119 Å². The van der Waals surface area contributed by atoms with E-state index in [-0.39, 0.29) is 16.9 Å². The number of furan rings is 1. The van der Waals surface area contributed by atoms with Crippen molar-refractivity contribution in [1.29, 1.82) is 0 Å². The highest BCUT2D eigenvalue weighted by Gasteiger charge is 2.18. The zero-order valence-corrected chi connectivity index (χ0v) is 25.8. The Morgan fingerprint density at radius 2 is 1.59 bits per heavy atom. The van der Waals surface area contributed by atoms with Crippen LogP contribution in [-0.4, -0.2) is 33.2 Å². The molecule has 5 aromatic rings. The molecule has 3 amide bonds. The number of nitrogens with one attached hydrogen (secondary N) is 3. The van der Waals surface area contributed by atoms with Gasteiger partial charge in [0, 0.05) is 27.8 Å². The van der Waals surface area contributed by atoms with E-state index in [1.54, 1.807) is 49.4 Å².